The molecular formula is C107H96N24O7S7. The van der Waals surface area contributed by atoms with Gasteiger partial charge in [-0.1, -0.05) is 118 Å². The lowest BCUT2D eigenvalue weighted by molar-refractivity contribution is 0.414. The summed E-state index contributed by atoms with van der Waals surface area (Å²) in [5.41, 5.74) is 66.6. The molecule has 24 rings (SSSR count). The van der Waals surface area contributed by atoms with Crippen LogP contribution in [0.5, 0.6) is 5.75 Å². The fraction of sp³-hybridized carbons (Fsp3) is 0.178. The summed E-state index contributed by atoms with van der Waals surface area (Å²) in [6.45, 7) is 36.9. The van der Waals surface area contributed by atoms with Crippen molar-refractivity contribution in [2.24, 2.45) is 0 Å². The largest absolute Gasteiger partial charge is 0.496 e. The molecule has 0 radical (unpaired) electrons. The number of fused-ring (bicyclic) bond motifs is 6. The molecule has 38 heteroatoms. The van der Waals surface area contributed by atoms with E-state index in [1.807, 2.05) is 186 Å². The number of methoxy groups -OCH3 is 1. The number of anilines is 6. The molecule has 24 aromatic rings. The molecule has 0 atom stereocenters. The van der Waals surface area contributed by atoms with E-state index in [4.69, 9.17) is 66.1 Å². The molecule has 20 heterocycles. The number of hydrogen-bond donors (Lipinski definition) is 6. The summed E-state index contributed by atoms with van der Waals surface area (Å²) in [4.78, 5) is 65.6. The van der Waals surface area contributed by atoms with Crippen molar-refractivity contribution < 1.29 is 31.7 Å². The molecule has 0 aliphatic heterocycles. The van der Waals surface area contributed by atoms with Crippen LogP contribution in [0.1, 0.15) is 101 Å². The molecule has 0 amide bonds. The normalized spacial score (nSPS) is 11.3. The molecule has 0 aliphatic rings. The standard InChI is InChI=1S/C19H18N4O2S.C19H17N3OS.2C18H16N4OS.C17H15N5OS.C16H14N4OS2/c1-9-10(2)14-15(20)16(26-19(14)21-11(9)3)18-23-22-17(25-18)12-7-5-6-8-13(12)24-4;1-10-11(2)15-16(20)17(24-19(15)22-12(10)3)18-21-9-14(23-18)13-7-5-4-6-8-13;1-9-10(2)13-14(19)15(24-18(13)20-11(9)3)16-21-17(23-22-16)12-7-5-4-6-8-12;1-9-10(2)13-14(19)15(24-18(13)20-11(9)3)17-21-16(22-23-17)12-7-5-4-6-8-12;1-8-9(2)12-13(18)14(24-17(12)20-10(8)3)16-21-15(22-23-16)11-5-4-6-19-7-11;1-7-8(2)11-12(17)13(23-16(11)18-9(7)3)14-19-15(21-20-14)10-5-4-6-22-10/h5-8H,20H2,1-4H3;4-9H,20H2,1-3H3;2*4-8H,19H2,1-3H3;4-7H,18H2,1-3H3;4-6H,17H2,1-3H3. The van der Waals surface area contributed by atoms with Crippen molar-refractivity contribution in [2.75, 3.05) is 41.5 Å². The summed E-state index contributed by atoms with van der Waals surface area (Å²) < 4.78 is 38.9. The quantitative estimate of drug-likeness (QED) is 0.0624. The van der Waals surface area contributed by atoms with E-state index in [1.165, 1.54) is 84.7 Å². The number of para-hydroxylation sites is 1. The van der Waals surface area contributed by atoms with Crippen molar-refractivity contribution in [3.63, 3.8) is 0 Å². The Morgan fingerprint density at radius 3 is 1.01 bits per heavy atom. The van der Waals surface area contributed by atoms with Gasteiger partial charge in [-0.15, -0.1) is 89.6 Å². The zero-order valence-electron chi connectivity index (χ0n) is 82.3. The zero-order valence-corrected chi connectivity index (χ0v) is 88.0. The highest BCUT2D eigenvalue weighted by atomic mass is 32.1. The van der Waals surface area contributed by atoms with Gasteiger partial charge in [0.2, 0.25) is 29.2 Å². The number of nitrogens with two attached hydrogens (primary N) is 6. The summed E-state index contributed by atoms with van der Waals surface area (Å²) in [5.74, 6) is 6.66. The summed E-state index contributed by atoms with van der Waals surface area (Å²) in [6.07, 6.45) is 5.14. The highest BCUT2D eigenvalue weighted by molar-refractivity contribution is 7.24. The number of thiophene rings is 7. The third-order valence-corrected chi connectivity index (χ3v) is 33.4. The average molecular weight is 2050 g/mol. The zero-order chi connectivity index (χ0) is 102. The first kappa shape index (κ1) is 97.7. The van der Waals surface area contributed by atoms with Crippen molar-refractivity contribution in [2.45, 2.75) is 125 Å². The van der Waals surface area contributed by atoms with Gasteiger partial charge in [-0.3, -0.25) is 4.98 Å². The summed E-state index contributed by atoms with van der Waals surface area (Å²) in [7, 11) is 1.61. The molecule has 0 bridgehead atoms. The van der Waals surface area contributed by atoms with Crippen molar-refractivity contribution in [1.29, 1.82) is 0 Å². The maximum absolute atomic E-state index is 6.41. The maximum Gasteiger partial charge on any atom is 0.270 e. The Labute approximate surface area is 859 Å². The second-order valence-electron chi connectivity index (χ2n) is 34.5. The van der Waals surface area contributed by atoms with Crippen LogP contribution in [-0.4, -0.2) is 97.7 Å². The lowest BCUT2D eigenvalue weighted by Gasteiger charge is -2.05. The number of pyridine rings is 7. The SMILES string of the molecule is COc1ccccc1-c1nnc(-c2sc3nc(C)c(C)c(C)c3c2N)o1.Cc1nc2sc(-c3nc(-c4ccccc4)no3)c(N)c2c(C)c1C.Cc1nc2sc(-c3nc(-c4cccnc4)no3)c(N)c2c(C)c1C.Cc1nc2sc(-c3ncc(-c4ccccc4)o3)c(N)c2c(C)c1C.Cc1nc2sc(-c3noc(-c4ccccc4)n3)c(N)c2c(C)c1C.Cc1nc2sc(-c3noc(-c4cccs4)n3)c(N)c2c(C)c1C. The highest BCUT2D eigenvalue weighted by Gasteiger charge is 2.30. The van der Waals surface area contributed by atoms with Gasteiger partial charge in [0, 0.05) is 101 Å². The molecule has 145 heavy (non-hydrogen) atoms. The number of aromatic nitrogens is 18. The molecule has 12 N–H and O–H groups in total. The van der Waals surface area contributed by atoms with Crippen LogP contribution in [0.3, 0.4) is 0 Å². The van der Waals surface area contributed by atoms with Gasteiger partial charge in [0.15, 0.2) is 5.76 Å². The van der Waals surface area contributed by atoms with Gasteiger partial charge < -0.3 is 66.1 Å². The number of nitrogen functional groups attached to an aromatic ring is 6. The molecule has 31 nitrogen and oxygen atoms in total. The van der Waals surface area contributed by atoms with E-state index in [-0.39, 0.29) is 0 Å². The van der Waals surface area contributed by atoms with Crippen LogP contribution in [0.4, 0.5) is 34.1 Å². The van der Waals surface area contributed by atoms with Crippen molar-refractivity contribution in [3.8, 4) is 138 Å². The maximum atomic E-state index is 6.41. The molecule has 728 valence electrons. The minimum atomic E-state index is 0.390. The minimum Gasteiger partial charge on any atom is -0.496 e. The van der Waals surface area contributed by atoms with Crippen LogP contribution in [0.25, 0.3) is 194 Å². The molecule has 0 saturated heterocycles. The fourth-order valence-corrected chi connectivity index (χ4v) is 23.9. The van der Waals surface area contributed by atoms with E-state index in [9.17, 15) is 0 Å². The van der Waals surface area contributed by atoms with Crippen molar-refractivity contribution in [1.82, 2.24) is 90.6 Å². The summed E-state index contributed by atoms with van der Waals surface area (Å²) in [5, 5.41) is 32.6. The van der Waals surface area contributed by atoms with Crippen LogP contribution in [0, 0.1) is 125 Å². The van der Waals surface area contributed by atoms with E-state index in [1.54, 1.807) is 37.0 Å². The number of nitrogens with zero attached hydrogens (tertiary/aromatic N) is 18. The molecule has 0 unspecified atom stereocenters. The fourth-order valence-electron chi connectivity index (χ4n) is 16.5. The van der Waals surface area contributed by atoms with Crippen LogP contribution in [-0.2, 0) is 0 Å². The van der Waals surface area contributed by atoms with Crippen LogP contribution in [0.15, 0.2) is 190 Å². The third-order valence-electron chi connectivity index (χ3n) is 26.0. The molecule has 0 fully saturated rings. The molecular weight excluding hydrogens is 1960 g/mol. The van der Waals surface area contributed by atoms with Gasteiger partial charge in [0.1, 0.15) is 64.0 Å². The highest BCUT2D eigenvalue weighted by Crippen LogP contribution is 2.50. The predicted octanol–water partition coefficient (Wildman–Crippen LogP) is 27.2. The lowest BCUT2D eigenvalue weighted by atomic mass is 10.1. The number of ether oxygens (including phenoxy) is 1. The monoisotopic (exact) mass is 2050 g/mol. The molecule has 20 aromatic heterocycles. The Hall–Kier alpha value is -16.1. The number of hydrogen-bond acceptors (Lipinski definition) is 38. The smallest absolute Gasteiger partial charge is 0.270 e. The number of aryl methyl sites for hydroxylation is 12. The first-order valence-corrected chi connectivity index (χ1v) is 51.4. The van der Waals surface area contributed by atoms with Gasteiger partial charge in [-0.05, 0) is 239 Å². The van der Waals surface area contributed by atoms with Gasteiger partial charge >= 0.3 is 0 Å². The van der Waals surface area contributed by atoms with Crippen molar-refractivity contribution >= 4 is 175 Å². The molecule has 0 spiro atoms. The second kappa shape index (κ2) is 40.4. The Balaban J connectivity index is 0.000000110. The molecule has 4 aromatic carbocycles. The number of benzene rings is 4. The van der Waals surface area contributed by atoms with E-state index < -0.39 is 0 Å². The number of oxazole rings is 1. The number of rotatable bonds is 13. The topological polar surface area (TPSA) is 476 Å². The Morgan fingerprint density at radius 1 is 0.269 bits per heavy atom. The van der Waals surface area contributed by atoms with Crippen LogP contribution >= 0.6 is 79.4 Å². The Bertz CT molecular complexity index is 8330. The molecule has 0 saturated carbocycles. The summed E-state index contributed by atoms with van der Waals surface area (Å²) in [6, 6.07) is 44.5. The minimum absolute atomic E-state index is 0.390. The Kier molecular flexibility index (Phi) is 27.2. The first-order valence-electron chi connectivity index (χ1n) is 45.7. The van der Waals surface area contributed by atoms with Gasteiger partial charge in [-0.2, -0.15) is 19.9 Å². The van der Waals surface area contributed by atoms with Crippen LogP contribution in [0.2, 0.25) is 0 Å². The van der Waals surface area contributed by atoms with Gasteiger partial charge in [0.25, 0.3) is 35.3 Å². The second-order valence-corrected chi connectivity index (χ2v) is 41.4. The first-order chi connectivity index (χ1) is 69.8. The van der Waals surface area contributed by atoms with E-state index in [2.05, 4.69) is 174 Å². The van der Waals surface area contributed by atoms with Crippen LogP contribution < -0.4 is 39.1 Å². The molecule has 0 aliphatic carbocycles. The van der Waals surface area contributed by atoms with Gasteiger partial charge in [0.05, 0.1) is 57.9 Å². The Morgan fingerprint density at radius 2 is 0.600 bits per heavy atom. The van der Waals surface area contributed by atoms with E-state index in [0.717, 1.165) is 213 Å². The van der Waals surface area contributed by atoms with E-state index >= 15 is 0 Å². The van der Waals surface area contributed by atoms with E-state index in [0.29, 0.717) is 104 Å². The van der Waals surface area contributed by atoms with Gasteiger partial charge in [-0.25, -0.2) is 34.9 Å². The average Bonchev–Trinajstić information content (AvgIpc) is 1.65. The lowest BCUT2D eigenvalue weighted by Crippen LogP contribution is -1.94. The summed E-state index contributed by atoms with van der Waals surface area (Å²) >= 11 is 10.5. The van der Waals surface area contributed by atoms with Crippen molar-refractivity contribution in [3.05, 3.63) is 264 Å². The third kappa shape index (κ3) is 18.6. The predicted molar refractivity (Wildman–Crippen MR) is 586 cm³/mol.